The van der Waals surface area contributed by atoms with Crippen LogP contribution in [0, 0.1) is 0 Å². The lowest BCUT2D eigenvalue weighted by Gasteiger charge is -2.11. The van der Waals surface area contributed by atoms with E-state index in [1.54, 1.807) is 23.5 Å². The predicted octanol–water partition coefficient (Wildman–Crippen LogP) is 4.08. The quantitative estimate of drug-likeness (QED) is 0.747. The van der Waals surface area contributed by atoms with Crippen molar-refractivity contribution in [1.82, 2.24) is 0 Å². The van der Waals surface area contributed by atoms with Crippen LogP contribution in [0.15, 0.2) is 53.2 Å². The fourth-order valence-corrected chi connectivity index (χ4v) is 2.79. The largest absolute Gasteiger partial charge is 0.508 e. The monoisotopic (exact) mass is 291 g/mol. The molecule has 19 heavy (non-hydrogen) atoms. The molecular weight excluding hydrogens is 278 g/mol. The maximum absolute atomic E-state index is 9.44. The van der Waals surface area contributed by atoms with Gasteiger partial charge in [-0.05, 0) is 56.9 Å². The van der Waals surface area contributed by atoms with Gasteiger partial charge in [-0.25, -0.2) is 0 Å². The Hall–Kier alpha value is -1.55. The number of thiophene rings is 1. The van der Waals surface area contributed by atoms with Crippen LogP contribution in [0.4, 0.5) is 0 Å². The van der Waals surface area contributed by atoms with Crippen LogP contribution in [0.1, 0.15) is 17.2 Å². The zero-order valence-corrected chi connectivity index (χ0v) is 11.7. The van der Waals surface area contributed by atoms with Crippen molar-refractivity contribution in [3.8, 4) is 5.75 Å². The molecule has 1 aromatic heterocycles. The second-order valence-electron chi connectivity index (χ2n) is 4.33. The Morgan fingerprint density at radius 2 is 1.68 bits per heavy atom. The second kappa shape index (κ2) is 5.61. The maximum Gasteiger partial charge on any atom is 0.116 e. The number of halogens is 1. The minimum atomic E-state index is -0.0885. The molecular formula is C15H14ClNOS. The molecule has 0 radical (unpaired) electrons. The minimum Gasteiger partial charge on any atom is -0.508 e. The van der Waals surface area contributed by atoms with Crippen molar-refractivity contribution in [2.45, 2.75) is 6.04 Å². The van der Waals surface area contributed by atoms with Crippen LogP contribution in [0.3, 0.4) is 0 Å². The first-order valence-corrected chi connectivity index (χ1v) is 6.69. The van der Waals surface area contributed by atoms with Crippen molar-refractivity contribution in [1.29, 1.82) is 0 Å². The van der Waals surface area contributed by atoms with Crippen LogP contribution in [0.5, 0.6) is 5.75 Å². The summed E-state index contributed by atoms with van der Waals surface area (Å²) in [6, 6.07) is 13.4. The van der Waals surface area contributed by atoms with Crippen molar-refractivity contribution in [2.24, 2.45) is 5.73 Å². The lowest BCUT2D eigenvalue weighted by atomic mass is 9.99. The Balaban J connectivity index is 0.00000133. The number of nitrogens with two attached hydrogens (primary N) is 1. The molecule has 2 nitrogen and oxygen atoms in total. The Kier molecular flexibility index (Phi) is 4.10. The molecule has 0 aliphatic carbocycles. The molecule has 3 aromatic rings. The Labute approximate surface area is 121 Å². The van der Waals surface area contributed by atoms with Crippen molar-refractivity contribution < 1.29 is 5.11 Å². The Morgan fingerprint density at radius 3 is 2.42 bits per heavy atom. The number of phenols is 1. The molecule has 0 saturated heterocycles. The molecule has 0 aliphatic rings. The van der Waals surface area contributed by atoms with Gasteiger partial charge in [-0.15, -0.1) is 12.4 Å². The molecule has 1 atom stereocenters. The fourth-order valence-electron chi connectivity index (χ4n) is 2.09. The van der Waals surface area contributed by atoms with Crippen LogP contribution >= 0.6 is 23.7 Å². The van der Waals surface area contributed by atoms with Crippen molar-refractivity contribution in [2.75, 3.05) is 0 Å². The molecule has 0 fully saturated rings. The summed E-state index contributed by atoms with van der Waals surface area (Å²) in [7, 11) is 0. The third-order valence-corrected chi connectivity index (χ3v) is 3.81. The van der Waals surface area contributed by atoms with Gasteiger partial charge >= 0.3 is 0 Å². The Morgan fingerprint density at radius 1 is 0.947 bits per heavy atom. The van der Waals surface area contributed by atoms with Gasteiger partial charge in [0.25, 0.3) is 0 Å². The van der Waals surface area contributed by atoms with E-state index in [1.165, 1.54) is 0 Å². The normalized spacial score (nSPS) is 12.1. The molecule has 0 spiro atoms. The molecule has 3 N–H and O–H groups in total. The Bertz CT molecular complexity index is 682. The number of rotatable bonds is 2. The number of aromatic hydroxyl groups is 1. The summed E-state index contributed by atoms with van der Waals surface area (Å²) in [5.41, 5.74) is 8.47. The van der Waals surface area contributed by atoms with Crippen molar-refractivity contribution >= 4 is 34.5 Å². The van der Waals surface area contributed by atoms with E-state index < -0.39 is 0 Å². The minimum absolute atomic E-state index is 0. The smallest absolute Gasteiger partial charge is 0.116 e. The first kappa shape index (κ1) is 13.9. The van der Waals surface area contributed by atoms with Crippen molar-refractivity contribution in [3.63, 3.8) is 0 Å². The van der Waals surface area contributed by atoms with Gasteiger partial charge in [0, 0.05) is 0 Å². The van der Waals surface area contributed by atoms with E-state index in [9.17, 15) is 5.11 Å². The summed E-state index contributed by atoms with van der Waals surface area (Å²) in [5, 5.41) is 15.7. The average Bonchev–Trinajstić information content (AvgIpc) is 2.91. The van der Waals surface area contributed by atoms with Gasteiger partial charge in [-0.3, -0.25) is 0 Å². The SMILES string of the molecule is Cl.N[C@@H](c1ccsc1)c1ccc2cc(O)ccc2c1. The second-order valence-corrected chi connectivity index (χ2v) is 5.11. The lowest BCUT2D eigenvalue weighted by Crippen LogP contribution is -2.10. The van der Waals surface area contributed by atoms with E-state index in [4.69, 9.17) is 5.73 Å². The standard InChI is InChI=1S/C15H13NOS.ClH/c16-15(13-5-6-18-9-13)12-2-1-11-8-14(17)4-3-10(11)7-12;/h1-9,15,17H,16H2;1H/t15-;/m1./s1. The van der Waals surface area contributed by atoms with Gasteiger partial charge in [0.1, 0.15) is 5.75 Å². The summed E-state index contributed by atoms with van der Waals surface area (Å²) in [6.07, 6.45) is 0. The van der Waals surface area contributed by atoms with E-state index in [-0.39, 0.29) is 24.2 Å². The van der Waals surface area contributed by atoms with Crippen LogP contribution < -0.4 is 5.73 Å². The molecule has 1 heterocycles. The van der Waals surface area contributed by atoms with Crippen LogP contribution in [-0.4, -0.2) is 5.11 Å². The van der Waals surface area contributed by atoms with Gasteiger partial charge in [0.05, 0.1) is 6.04 Å². The average molecular weight is 292 g/mol. The molecule has 0 unspecified atom stereocenters. The molecule has 4 heteroatoms. The molecule has 0 amide bonds. The first-order chi connectivity index (χ1) is 8.74. The summed E-state index contributed by atoms with van der Waals surface area (Å²) in [5.74, 6) is 0.289. The van der Waals surface area contributed by atoms with E-state index in [0.29, 0.717) is 0 Å². The number of benzene rings is 2. The summed E-state index contributed by atoms with van der Waals surface area (Å²) >= 11 is 1.66. The molecule has 98 valence electrons. The van der Waals surface area contributed by atoms with E-state index >= 15 is 0 Å². The van der Waals surface area contributed by atoms with Gasteiger partial charge in [0.15, 0.2) is 0 Å². The van der Waals surface area contributed by atoms with E-state index in [2.05, 4.69) is 17.5 Å². The van der Waals surface area contributed by atoms with Crippen molar-refractivity contribution in [3.05, 3.63) is 64.4 Å². The molecule has 3 rings (SSSR count). The maximum atomic E-state index is 9.44. The summed E-state index contributed by atoms with van der Waals surface area (Å²) < 4.78 is 0. The van der Waals surface area contributed by atoms with Crippen LogP contribution in [-0.2, 0) is 0 Å². The molecule has 0 saturated carbocycles. The predicted molar refractivity (Wildman–Crippen MR) is 83.2 cm³/mol. The zero-order valence-electron chi connectivity index (χ0n) is 10.1. The van der Waals surface area contributed by atoms with E-state index in [0.717, 1.165) is 21.9 Å². The fraction of sp³-hybridized carbons (Fsp3) is 0.0667. The topological polar surface area (TPSA) is 46.2 Å². The molecule has 0 bridgehead atoms. The third kappa shape index (κ3) is 2.73. The molecule has 2 aromatic carbocycles. The first-order valence-electron chi connectivity index (χ1n) is 5.74. The molecule has 0 aliphatic heterocycles. The highest BCUT2D eigenvalue weighted by Crippen LogP contribution is 2.26. The third-order valence-electron chi connectivity index (χ3n) is 3.11. The van der Waals surface area contributed by atoms with Gasteiger partial charge in [0.2, 0.25) is 0 Å². The summed E-state index contributed by atoms with van der Waals surface area (Å²) in [6.45, 7) is 0. The van der Waals surface area contributed by atoms with Gasteiger partial charge in [-0.2, -0.15) is 11.3 Å². The number of fused-ring (bicyclic) bond motifs is 1. The lowest BCUT2D eigenvalue weighted by molar-refractivity contribution is 0.476. The van der Waals surface area contributed by atoms with Gasteiger partial charge < -0.3 is 10.8 Å². The van der Waals surface area contributed by atoms with Crippen LogP contribution in [0.25, 0.3) is 10.8 Å². The van der Waals surface area contributed by atoms with E-state index in [1.807, 2.05) is 23.6 Å². The highest BCUT2D eigenvalue weighted by Gasteiger charge is 2.09. The summed E-state index contributed by atoms with van der Waals surface area (Å²) in [4.78, 5) is 0. The van der Waals surface area contributed by atoms with Crippen LogP contribution in [0.2, 0.25) is 0 Å². The highest BCUT2D eigenvalue weighted by molar-refractivity contribution is 7.08. The van der Waals surface area contributed by atoms with Gasteiger partial charge in [-0.1, -0.05) is 18.2 Å². The number of hydrogen-bond donors (Lipinski definition) is 2. The number of phenolic OH excluding ortho intramolecular Hbond substituents is 1. The number of hydrogen-bond acceptors (Lipinski definition) is 3. The highest BCUT2D eigenvalue weighted by atomic mass is 35.5. The zero-order chi connectivity index (χ0) is 12.5.